The molecule has 0 bridgehead atoms. The molecule has 0 aromatic carbocycles. The fourth-order valence-corrected chi connectivity index (χ4v) is 2.37. The molecule has 5 nitrogen and oxygen atoms in total. The standard InChI is InChI=1S/C14H12N2O3/c1-8-2-3-9-4-5-16-7-10(14(18)19)12(17)6-11(16)13(9)15-8/h2-3,6-7H,4-5H2,1H3,(H,18,19). The molecule has 2 aromatic heterocycles. The molecule has 0 spiro atoms. The van der Waals surface area contributed by atoms with Crippen LogP contribution in [0.3, 0.4) is 0 Å². The van der Waals surface area contributed by atoms with Crippen molar-refractivity contribution in [2.45, 2.75) is 19.9 Å². The van der Waals surface area contributed by atoms with Gasteiger partial charge in [0, 0.05) is 24.5 Å². The lowest BCUT2D eigenvalue weighted by atomic mass is 10.0. The molecule has 0 atom stereocenters. The van der Waals surface area contributed by atoms with Crippen LogP contribution >= 0.6 is 0 Å². The van der Waals surface area contributed by atoms with Crippen LogP contribution in [0.4, 0.5) is 0 Å². The number of aromatic carboxylic acids is 1. The van der Waals surface area contributed by atoms with E-state index in [1.54, 1.807) is 4.57 Å². The van der Waals surface area contributed by atoms with Gasteiger partial charge in [-0.05, 0) is 25.0 Å². The molecule has 1 aliphatic heterocycles. The minimum atomic E-state index is -1.19. The van der Waals surface area contributed by atoms with Gasteiger partial charge >= 0.3 is 5.97 Å². The zero-order valence-corrected chi connectivity index (χ0v) is 10.4. The first-order valence-electron chi connectivity index (χ1n) is 6.01. The Morgan fingerprint density at radius 3 is 2.95 bits per heavy atom. The average molecular weight is 256 g/mol. The summed E-state index contributed by atoms with van der Waals surface area (Å²) in [6.45, 7) is 2.55. The highest BCUT2D eigenvalue weighted by Gasteiger charge is 2.20. The molecule has 1 N–H and O–H groups in total. The number of aromatic nitrogens is 2. The largest absolute Gasteiger partial charge is 0.477 e. The lowest BCUT2D eigenvalue weighted by Gasteiger charge is -2.21. The molecule has 0 unspecified atom stereocenters. The van der Waals surface area contributed by atoms with Crippen molar-refractivity contribution < 1.29 is 9.90 Å². The van der Waals surface area contributed by atoms with E-state index < -0.39 is 11.4 Å². The van der Waals surface area contributed by atoms with Gasteiger partial charge in [-0.2, -0.15) is 0 Å². The van der Waals surface area contributed by atoms with Crippen LogP contribution < -0.4 is 5.43 Å². The Balaban J connectivity index is 2.27. The fraction of sp³-hybridized carbons (Fsp3) is 0.214. The van der Waals surface area contributed by atoms with Crippen molar-refractivity contribution >= 4 is 5.97 Å². The fourth-order valence-electron chi connectivity index (χ4n) is 2.37. The van der Waals surface area contributed by atoms with E-state index in [-0.39, 0.29) is 5.56 Å². The van der Waals surface area contributed by atoms with Crippen molar-refractivity contribution in [3.8, 4) is 11.4 Å². The van der Waals surface area contributed by atoms with Gasteiger partial charge in [-0.15, -0.1) is 0 Å². The van der Waals surface area contributed by atoms with E-state index in [0.29, 0.717) is 12.2 Å². The first-order valence-corrected chi connectivity index (χ1v) is 6.01. The van der Waals surface area contributed by atoms with E-state index in [2.05, 4.69) is 4.98 Å². The number of fused-ring (bicyclic) bond motifs is 3. The number of carbonyl (C=O) groups is 1. The summed E-state index contributed by atoms with van der Waals surface area (Å²) < 4.78 is 1.79. The summed E-state index contributed by atoms with van der Waals surface area (Å²) in [5, 5.41) is 8.98. The van der Waals surface area contributed by atoms with Crippen LogP contribution in [0.1, 0.15) is 21.6 Å². The summed E-state index contributed by atoms with van der Waals surface area (Å²) in [5.74, 6) is -1.19. The van der Waals surface area contributed by atoms with Gasteiger partial charge < -0.3 is 9.67 Å². The van der Waals surface area contributed by atoms with E-state index in [4.69, 9.17) is 5.11 Å². The highest BCUT2D eigenvalue weighted by Crippen LogP contribution is 2.26. The van der Waals surface area contributed by atoms with E-state index in [1.807, 2.05) is 19.1 Å². The summed E-state index contributed by atoms with van der Waals surface area (Å²) >= 11 is 0. The third-order valence-electron chi connectivity index (χ3n) is 3.34. The molecule has 0 saturated carbocycles. The van der Waals surface area contributed by atoms with Crippen LogP contribution in [-0.4, -0.2) is 20.6 Å². The second kappa shape index (κ2) is 4.05. The molecule has 96 valence electrons. The zero-order chi connectivity index (χ0) is 13.6. The Hall–Kier alpha value is -2.43. The van der Waals surface area contributed by atoms with E-state index >= 15 is 0 Å². The van der Waals surface area contributed by atoms with Crippen molar-refractivity contribution in [2.24, 2.45) is 0 Å². The van der Waals surface area contributed by atoms with Crippen LogP contribution in [0, 0.1) is 6.92 Å². The molecular formula is C14H12N2O3. The van der Waals surface area contributed by atoms with Crippen LogP contribution in [0.5, 0.6) is 0 Å². The van der Waals surface area contributed by atoms with E-state index in [0.717, 1.165) is 23.4 Å². The Labute approximate surface area is 109 Å². The quantitative estimate of drug-likeness (QED) is 0.838. The Kier molecular flexibility index (Phi) is 2.48. The van der Waals surface area contributed by atoms with Gasteiger partial charge in [-0.25, -0.2) is 4.79 Å². The van der Waals surface area contributed by atoms with Gasteiger partial charge in [0.25, 0.3) is 0 Å². The normalized spacial score (nSPS) is 12.7. The first kappa shape index (κ1) is 11.6. The van der Waals surface area contributed by atoms with Crippen LogP contribution in [0.15, 0.2) is 29.2 Å². The summed E-state index contributed by atoms with van der Waals surface area (Å²) in [4.78, 5) is 27.2. The van der Waals surface area contributed by atoms with Crippen molar-refractivity contribution in [3.05, 3.63) is 51.4 Å². The van der Waals surface area contributed by atoms with Crippen LogP contribution in [-0.2, 0) is 13.0 Å². The topological polar surface area (TPSA) is 72.2 Å². The van der Waals surface area contributed by atoms with Gasteiger partial charge in [0.15, 0.2) is 5.43 Å². The molecule has 0 aliphatic carbocycles. The first-order chi connectivity index (χ1) is 9.06. The number of rotatable bonds is 1. The van der Waals surface area contributed by atoms with Gasteiger partial charge in [0.2, 0.25) is 0 Å². The van der Waals surface area contributed by atoms with E-state index in [1.165, 1.54) is 12.3 Å². The van der Waals surface area contributed by atoms with Crippen molar-refractivity contribution in [2.75, 3.05) is 0 Å². The van der Waals surface area contributed by atoms with Crippen molar-refractivity contribution in [1.29, 1.82) is 0 Å². The summed E-state index contributed by atoms with van der Waals surface area (Å²) in [6.07, 6.45) is 2.20. The molecule has 3 rings (SSSR count). The molecule has 0 saturated heterocycles. The average Bonchev–Trinajstić information content (AvgIpc) is 2.37. The molecule has 0 radical (unpaired) electrons. The lowest BCUT2D eigenvalue weighted by Crippen LogP contribution is -2.22. The van der Waals surface area contributed by atoms with Crippen LogP contribution in [0.25, 0.3) is 11.4 Å². The SMILES string of the molecule is Cc1ccc2c(n1)-c1cc(=O)c(C(=O)O)cn1CC2. The van der Waals surface area contributed by atoms with Gasteiger partial charge in [-0.3, -0.25) is 9.78 Å². The predicted octanol–water partition coefficient (Wildman–Crippen LogP) is 1.47. The minimum Gasteiger partial charge on any atom is -0.477 e. The minimum absolute atomic E-state index is 0.195. The lowest BCUT2D eigenvalue weighted by molar-refractivity contribution is 0.0694. The number of pyridine rings is 2. The third kappa shape index (κ3) is 1.83. The van der Waals surface area contributed by atoms with Gasteiger partial charge in [0.05, 0.1) is 11.4 Å². The van der Waals surface area contributed by atoms with Gasteiger partial charge in [0.1, 0.15) is 5.56 Å². The molecule has 5 heteroatoms. The highest BCUT2D eigenvalue weighted by atomic mass is 16.4. The maximum absolute atomic E-state index is 11.8. The summed E-state index contributed by atoms with van der Waals surface area (Å²) in [7, 11) is 0. The number of hydrogen-bond acceptors (Lipinski definition) is 3. The molecule has 3 heterocycles. The summed E-state index contributed by atoms with van der Waals surface area (Å²) in [5.41, 5.74) is 2.77. The van der Waals surface area contributed by atoms with Crippen molar-refractivity contribution in [1.82, 2.24) is 9.55 Å². The number of carboxylic acid groups (broad SMARTS) is 1. The molecule has 19 heavy (non-hydrogen) atoms. The van der Waals surface area contributed by atoms with Crippen LogP contribution in [0.2, 0.25) is 0 Å². The number of aryl methyl sites for hydroxylation is 3. The maximum atomic E-state index is 11.8. The molecule has 1 aliphatic rings. The number of hydrogen-bond donors (Lipinski definition) is 1. The smallest absolute Gasteiger partial charge is 0.341 e. The molecule has 0 fully saturated rings. The predicted molar refractivity (Wildman–Crippen MR) is 69.3 cm³/mol. The van der Waals surface area contributed by atoms with Crippen molar-refractivity contribution in [3.63, 3.8) is 0 Å². The number of carboxylic acids is 1. The molecule has 2 aromatic rings. The third-order valence-corrected chi connectivity index (χ3v) is 3.34. The van der Waals surface area contributed by atoms with E-state index in [9.17, 15) is 9.59 Å². The second-order valence-corrected chi connectivity index (χ2v) is 4.65. The Bertz CT molecular complexity index is 747. The second-order valence-electron chi connectivity index (χ2n) is 4.65. The number of nitrogens with zero attached hydrogens (tertiary/aromatic N) is 2. The molecular weight excluding hydrogens is 244 g/mol. The zero-order valence-electron chi connectivity index (χ0n) is 10.4. The van der Waals surface area contributed by atoms with Gasteiger partial charge in [-0.1, -0.05) is 6.07 Å². The highest BCUT2D eigenvalue weighted by molar-refractivity contribution is 5.87. The maximum Gasteiger partial charge on any atom is 0.341 e. The Morgan fingerprint density at radius 2 is 2.21 bits per heavy atom. The monoisotopic (exact) mass is 256 g/mol. The summed E-state index contributed by atoms with van der Waals surface area (Å²) in [6, 6.07) is 5.32. The Morgan fingerprint density at radius 1 is 1.42 bits per heavy atom. The molecule has 0 amide bonds.